The third-order valence-corrected chi connectivity index (χ3v) is 5.42. The second-order valence-electron chi connectivity index (χ2n) is 7.12. The Hall–Kier alpha value is -2.55. The molecule has 0 radical (unpaired) electrons. The molecule has 2 aromatic rings. The van der Waals surface area contributed by atoms with E-state index in [4.69, 9.17) is 4.74 Å². The Morgan fingerprint density at radius 3 is 2.41 bits per heavy atom. The molecule has 4 rings (SSSR count). The number of hydrogen-bond donors (Lipinski definition) is 0. The maximum absolute atomic E-state index is 11.6. The number of aryl methyl sites for hydroxylation is 1. The van der Waals surface area contributed by atoms with Crippen molar-refractivity contribution in [1.29, 1.82) is 0 Å². The molecule has 2 aliphatic rings. The SMILES string of the molecule is Cn1ncc(O[C@H]2CC[C@H](N3CCN(c4ncccn4)CC3)CC2)nc1=O. The number of piperazine rings is 1. The number of hydrogen-bond acceptors (Lipinski definition) is 8. The lowest BCUT2D eigenvalue weighted by molar-refractivity contribution is 0.0811. The van der Waals surface area contributed by atoms with Gasteiger partial charge in [0.15, 0.2) is 0 Å². The maximum atomic E-state index is 11.6. The highest BCUT2D eigenvalue weighted by atomic mass is 16.5. The van der Waals surface area contributed by atoms with Gasteiger partial charge in [0.2, 0.25) is 11.8 Å². The second-order valence-corrected chi connectivity index (χ2v) is 7.12. The Balaban J connectivity index is 1.25. The summed E-state index contributed by atoms with van der Waals surface area (Å²) in [5.41, 5.74) is -0.388. The number of nitrogens with zero attached hydrogens (tertiary/aromatic N) is 7. The first-order valence-corrected chi connectivity index (χ1v) is 9.52. The molecule has 0 atom stereocenters. The quantitative estimate of drug-likeness (QED) is 0.767. The van der Waals surface area contributed by atoms with E-state index in [2.05, 4.69) is 29.9 Å². The van der Waals surface area contributed by atoms with Crippen molar-refractivity contribution >= 4 is 5.95 Å². The van der Waals surface area contributed by atoms with Crippen LogP contribution in [0.3, 0.4) is 0 Å². The van der Waals surface area contributed by atoms with Crippen LogP contribution in [0.4, 0.5) is 5.95 Å². The van der Waals surface area contributed by atoms with Crippen LogP contribution >= 0.6 is 0 Å². The molecule has 2 aromatic heterocycles. The van der Waals surface area contributed by atoms with Gasteiger partial charge in [-0.2, -0.15) is 10.1 Å². The van der Waals surface area contributed by atoms with Crippen LogP contribution in [-0.2, 0) is 7.05 Å². The van der Waals surface area contributed by atoms with E-state index in [9.17, 15) is 4.79 Å². The summed E-state index contributed by atoms with van der Waals surface area (Å²) in [5, 5.41) is 3.96. The molecular weight excluding hydrogens is 346 g/mol. The third kappa shape index (κ3) is 4.24. The van der Waals surface area contributed by atoms with E-state index >= 15 is 0 Å². The molecule has 0 amide bonds. The van der Waals surface area contributed by atoms with Gasteiger partial charge in [-0.15, -0.1) is 0 Å². The van der Waals surface area contributed by atoms with E-state index < -0.39 is 0 Å². The van der Waals surface area contributed by atoms with Gasteiger partial charge >= 0.3 is 5.69 Å². The molecule has 1 aliphatic heterocycles. The molecule has 3 heterocycles. The second kappa shape index (κ2) is 7.99. The van der Waals surface area contributed by atoms with Crippen LogP contribution in [0.15, 0.2) is 29.5 Å². The fourth-order valence-corrected chi connectivity index (χ4v) is 3.88. The highest BCUT2D eigenvalue weighted by Crippen LogP contribution is 2.26. The van der Waals surface area contributed by atoms with E-state index in [0.717, 1.165) is 57.8 Å². The Kier molecular flexibility index (Phi) is 5.28. The van der Waals surface area contributed by atoms with Crippen molar-refractivity contribution in [3.05, 3.63) is 35.1 Å². The first-order valence-electron chi connectivity index (χ1n) is 9.52. The summed E-state index contributed by atoms with van der Waals surface area (Å²) in [4.78, 5) is 29.0. The molecule has 0 spiro atoms. The minimum absolute atomic E-state index is 0.113. The number of rotatable bonds is 4. The summed E-state index contributed by atoms with van der Waals surface area (Å²) in [5.74, 6) is 1.15. The van der Waals surface area contributed by atoms with Gasteiger partial charge in [-0.25, -0.2) is 19.4 Å². The standard InChI is InChI=1S/C18H25N7O2/c1-23-18(26)22-16(13-21-23)27-15-5-3-14(4-6-15)24-9-11-25(12-10-24)17-19-7-2-8-20-17/h2,7-8,13-15H,3-6,9-12H2,1H3/t14-,15-. The van der Waals surface area contributed by atoms with Crippen molar-refractivity contribution in [3.8, 4) is 5.88 Å². The van der Waals surface area contributed by atoms with Crippen LogP contribution in [0.5, 0.6) is 5.88 Å². The van der Waals surface area contributed by atoms with Crippen molar-refractivity contribution in [3.63, 3.8) is 0 Å². The normalized spacial score (nSPS) is 24.0. The van der Waals surface area contributed by atoms with Gasteiger partial charge in [-0.05, 0) is 31.7 Å². The van der Waals surface area contributed by atoms with Crippen molar-refractivity contribution in [1.82, 2.24) is 29.6 Å². The van der Waals surface area contributed by atoms with Gasteiger partial charge < -0.3 is 9.64 Å². The van der Waals surface area contributed by atoms with Gasteiger partial charge in [0, 0.05) is 51.7 Å². The molecule has 0 N–H and O–H groups in total. The monoisotopic (exact) mass is 371 g/mol. The molecule has 9 heteroatoms. The van der Waals surface area contributed by atoms with E-state index in [0.29, 0.717) is 11.9 Å². The zero-order chi connectivity index (χ0) is 18.6. The topological polar surface area (TPSA) is 89.3 Å². The number of aromatic nitrogens is 5. The van der Waals surface area contributed by atoms with E-state index in [1.807, 2.05) is 6.07 Å². The van der Waals surface area contributed by atoms with Gasteiger partial charge in [0.05, 0.1) is 0 Å². The first kappa shape index (κ1) is 17.8. The lowest BCUT2D eigenvalue weighted by Gasteiger charge is -2.41. The molecule has 0 bridgehead atoms. The van der Waals surface area contributed by atoms with Gasteiger partial charge in [-0.1, -0.05) is 0 Å². The van der Waals surface area contributed by atoms with Gasteiger partial charge in [-0.3, -0.25) is 4.90 Å². The molecule has 1 aliphatic carbocycles. The number of ether oxygens (including phenoxy) is 1. The molecule has 1 saturated heterocycles. The minimum atomic E-state index is -0.388. The summed E-state index contributed by atoms with van der Waals surface area (Å²) in [6, 6.07) is 2.44. The van der Waals surface area contributed by atoms with Crippen LogP contribution in [-0.4, -0.2) is 68.0 Å². The minimum Gasteiger partial charge on any atom is -0.473 e. The molecule has 1 saturated carbocycles. The zero-order valence-corrected chi connectivity index (χ0v) is 15.6. The predicted octanol–water partition coefficient (Wildman–Crippen LogP) is 0.477. The van der Waals surface area contributed by atoms with E-state index in [1.165, 1.54) is 10.9 Å². The molecule has 9 nitrogen and oxygen atoms in total. The van der Waals surface area contributed by atoms with E-state index in [-0.39, 0.29) is 11.8 Å². The van der Waals surface area contributed by atoms with Crippen LogP contribution in [0.2, 0.25) is 0 Å². The lowest BCUT2D eigenvalue weighted by Crippen LogP contribution is -2.52. The summed E-state index contributed by atoms with van der Waals surface area (Å²) in [6.45, 7) is 4.00. The average Bonchev–Trinajstić information content (AvgIpc) is 2.72. The van der Waals surface area contributed by atoms with Crippen LogP contribution in [0, 0.1) is 0 Å². The largest absolute Gasteiger partial charge is 0.473 e. The van der Waals surface area contributed by atoms with Crippen molar-refractivity contribution in [2.24, 2.45) is 7.05 Å². The van der Waals surface area contributed by atoms with Crippen molar-refractivity contribution in [2.45, 2.75) is 37.8 Å². The summed E-state index contributed by atoms with van der Waals surface area (Å²) >= 11 is 0. The van der Waals surface area contributed by atoms with Crippen LogP contribution in [0.25, 0.3) is 0 Å². The Morgan fingerprint density at radius 2 is 1.74 bits per heavy atom. The maximum Gasteiger partial charge on any atom is 0.367 e. The molecule has 144 valence electrons. The van der Waals surface area contributed by atoms with Crippen molar-refractivity contribution < 1.29 is 4.74 Å². The summed E-state index contributed by atoms with van der Waals surface area (Å²) in [7, 11) is 1.58. The third-order valence-electron chi connectivity index (χ3n) is 5.42. The van der Waals surface area contributed by atoms with Crippen molar-refractivity contribution in [2.75, 3.05) is 31.1 Å². The summed E-state index contributed by atoms with van der Waals surface area (Å²) in [6.07, 6.45) is 9.37. The molecule has 0 unspecified atom stereocenters. The van der Waals surface area contributed by atoms with E-state index in [1.54, 1.807) is 19.4 Å². The smallest absolute Gasteiger partial charge is 0.367 e. The molecule has 2 fully saturated rings. The highest BCUT2D eigenvalue weighted by molar-refractivity contribution is 5.29. The fourth-order valence-electron chi connectivity index (χ4n) is 3.88. The fraction of sp³-hybridized carbons (Fsp3) is 0.611. The molecule has 27 heavy (non-hydrogen) atoms. The highest BCUT2D eigenvalue weighted by Gasteiger charge is 2.29. The molecule has 0 aromatic carbocycles. The summed E-state index contributed by atoms with van der Waals surface area (Å²) < 4.78 is 7.07. The Bertz CT molecular complexity index is 797. The van der Waals surface area contributed by atoms with Gasteiger partial charge in [0.1, 0.15) is 12.3 Å². The number of anilines is 1. The van der Waals surface area contributed by atoms with Crippen LogP contribution < -0.4 is 15.3 Å². The average molecular weight is 371 g/mol. The predicted molar refractivity (Wildman–Crippen MR) is 99.8 cm³/mol. The molecular formula is C18H25N7O2. The Labute approximate surface area is 158 Å². The first-order chi connectivity index (χ1) is 13.2. The lowest BCUT2D eigenvalue weighted by atomic mass is 9.91. The Morgan fingerprint density at radius 1 is 1.04 bits per heavy atom. The van der Waals surface area contributed by atoms with Crippen LogP contribution in [0.1, 0.15) is 25.7 Å². The van der Waals surface area contributed by atoms with Gasteiger partial charge in [0.25, 0.3) is 0 Å². The zero-order valence-electron chi connectivity index (χ0n) is 15.6.